The third-order valence-corrected chi connectivity index (χ3v) is 4.83. The van der Waals surface area contributed by atoms with Crippen LogP contribution >= 0.6 is 0 Å². The molecule has 2 atom stereocenters. The van der Waals surface area contributed by atoms with Crippen molar-refractivity contribution >= 4 is 5.71 Å². The summed E-state index contributed by atoms with van der Waals surface area (Å²) in [5.74, 6) is 0.867. The third-order valence-electron chi connectivity index (χ3n) is 4.83. The predicted octanol–water partition coefficient (Wildman–Crippen LogP) is 2.75. The van der Waals surface area contributed by atoms with Crippen molar-refractivity contribution in [3.05, 3.63) is 0 Å². The lowest BCUT2D eigenvalue weighted by molar-refractivity contribution is 0.192. The van der Waals surface area contributed by atoms with Crippen molar-refractivity contribution in [1.29, 1.82) is 0 Å². The van der Waals surface area contributed by atoms with E-state index in [0.717, 1.165) is 5.92 Å². The van der Waals surface area contributed by atoms with Gasteiger partial charge in [0, 0.05) is 25.2 Å². The Hall–Kier alpha value is -0.530. The summed E-state index contributed by atoms with van der Waals surface area (Å²) in [6.45, 7) is 7.24. The zero-order valence-corrected chi connectivity index (χ0v) is 10.1. The van der Waals surface area contributed by atoms with E-state index >= 15 is 0 Å². The van der Waals surface area contributed by atoms with E-state index in [1.165, 1.54) is 25.0 Å². The minimum atomic E-state index is 0.363. The van der Waals surface area contributed by atoms with E-state index in [4.69, 9.17) is 0 Å². The summed E-state index contributed by atoms with van der Waals surface area (Å²) in [5, 5.41) is 6.63. The molecule has 80 valence electrons. The molecule has 0 aromatic carbocycles. The Morgan fingerprint density at radius 3 is 2.29 bits per heavy atom. The van der Waals surface area contributed by atoms with Crippen molar-refractivity contribution in [1.82, 2.24) is 5.01 Å². The lowest BCUT2D eigenvalue weighted by Gasteiger charge is -2.34. The number of rotatable bonds is 1. The number of hydrazone groups is 1. The van der Waals surface area contributed by atoms with E-state index in [0.29, 0.717) is 10.8 Å². The zero-order valence-electron chi connectivity index (χ0n) is 10.1. The van der Waals surface area contributed by atoms with Crippen LogP contribution < -0.4 is 0 Å². The number of nitrogens with zero attached hydrogens (tertiary/aromatic N) is 2. The quantitative estimate of drug-likeness (QED) is 0.586. The van der Waals surface area contributed by atoms with Gasteiger partial charge in [0.05, 0.1) is 0 Å². The van der Waals surface area contributed by atoms with Crippen LogP contribution in [0.2, 0.25) is 0 Å². The van der Waals surface area contributed by atoms with Gasteiger partial charge in [0.2, 0.25) is 0 Å². The maximum atomic E-state index is 4.68. The summed E-state index contributed by atoms with van der Waals surface area (Å²) >= 11 is 0. The lowest BCUT2D eigenvalue weighted by atomic mass is 9.70. The van der Waals surface area contributed by atoms with Crippen molar-refractivity contribution in [2.24, 2.45) is 21.8 Å². The van der Waals surface area contributed by atoms with E-state index in [2.05, 4.69) is 25.9 Å². The molecule has 2 heteroatoms. The molecule has 0 N–H and O–H groups in total. The van der Waals surface area contributed by atoms with Crippen molar-refractivity contribution in [2.45, 2.75) is 40.0 Å². The summed E-state index contributed by atoms with van der Waals surface area (Å²) in [6, 6.07) is 0. The molecule has 2 fully saturated rings. The van der Waals surface area contributed by atoms with Gasteiger partial charge in [0.25, 0.3) is 0 Å². The fraction of sp³-hybridized carbons (Fsp3) is 0.917. The maximum absolute atomic E-state index is 4.68. The fourth-order valence-electron chi connectivity index (χ4n) is 3.32. The maximum Gasteiger partial charge on any atom is 0.0447 e. The van der Waals surface area contributed by atoms with Crippen molar-refractivity contribution < 1.29 is 0 Å². The highest BCUT2D eigenvalue weighted by molar-refractivity contribution is 5.94. The van der Waals surface area contributed by atoms with Gasteiger partial charge in [-0.3, -0.25) is 0 Å². The molecule has 0 aliphatic heterocycles. The number of fused-ring (bicyclic) bond motifs is 2. The van der Waals surface area contributed by atoms with Crippen molar-refractivity contribution in [3.63, 3.8) is 0 Å². The highest BCUT2D eigenvalue weighted by Gasteiger charge is 2.59. The summed E-state index contributed by atoms with van der Waals surface area (Å²) in [7, 11) is 4.05. The normalized spacial score (nSPS) is 42.1. The molecule has 2 aliphatic rings. The first-order valence-electron chi connectivity index (χ1n) is 5.63. The van der Waals surface area contributed by atoms with Crippen LogP contribution in [0.5, 0.6) is 0 Å². The summed E-state index contributed by atoms with van der Waals surface area (Å²) in [4.78, 5) is 0. The first-order chi connectivity index (χ1) is 6.38. The summed E-state index contributed by atoms with van der Waals surface area (Å²) < 4.78 is 0. The van der Waals surface area contributed by atoms with E-state index in [1.54, 1.807) is 0 Å². The highest BCUT2D eigenvalue weighted by Crippen LogP contribution is 2.63. The van der Waals surface area contributed by atoms with E-state index in [1.807, 2.05) is 19.1 Å². The van der Waals surface area contributed by atoms with Gasteiger partial charge in [-0.05, 0) is 30.6 Å². The van der Waals surface area contributed by atoms with Gasteiger partial charge < -0.3 is 5.01 Å². The monoisotopic (exact) mass is 194 g/mol. The third kappa shape index (κ3) is 1.06. The van der Waals surface area contributed by atoms with Gasteiger partial charge in [-0.2, -0.15) is 5.10 Å². The predicted molar refractivity (Wildman–Crippen MR) is 60.4 cm³/mol. The molecular formula is C12H22N2. The molecule has 0 amide bonds. The van der Waals surface area contributed by atoms with Crippen LogP contribution in [0.1, 0.15) is 40.0 Å². The van der Waals surface area contributed by atoms with E-state index < -0.39 is 0 Å². The Morgan fingerprint density at radius 1 is 1.29 bits per heavy atom. The van der Waals surface area contributed by atoms with E-state index in [9.17, 15) is 0 Å². The minimum absolute atomic E-state index is 0.363. The summed E-state index contributed by atoms with van der Waals surface area (Å²) in [6.07, 6.45) is 3.95. The van der Waals surface area contributed by atoms with Gasteiger partial charge in [0.1, 0.15) is 0 Å². The molecule has 2 nitrogen and oxygen atoms in total. The lowest BCUT2D eigenvalue weighted by Crippen LogP contribution is -2.33. The van der Waals surface area contributed by atoms with Gasteiger partial charge >= 0.3 is 0 Å². The highest BCUT2D eigenvalue weighted by atomic mass is 15.4. The Labute approximate surface area is 87.4 Å². The van der Waals surface area contributed by atoms with Gasteiger partial charge in [-0.25, -0.2) is 0 Å². The molecule has 14 heavy (non-hydrogen) atoms. The Bertz CT molecular complexity index is 278. The molecule has 0 saturated heterocycles. The molecule has 2 rings (SSSR count). The van der Waals surface area contributed by atoms with Crippen LogP contribution in [-0.2, 0) is 0 Å². The largest absolute Gasteiger partial charge is 0.303 e. The second kappa shape index (κ2) is 2.74. The molecule has 2 saturated carbocycles. The van der Waals surface area contributed by atoms with Gasteiger partial charge in [-0.1, -0.05) is 20.8 Å². The molecule has 0 heterocycles. The molecule has 2 bridgehead atoms. The van der Waals surface area contributed by atoms with Crippen LogP contribution in [0.3, 0.4) is 0 Å². The molecule has 0 aromatic rings. The SMILES string of the molecule is CN(C)/N=C1/C[C@H]2CC[C@]1(C)C2(C)C. The average molecular weight is 194 g/mol. The molecule has 0 spiro atoms. The van der Waals surface area contributed by atoms with Crippen LogP contribution in [0.25, 0.3) is 0 Å². The first-order valence-corrected chi connectivity index (χ1v) is 5.63. The molecule has 0 aromatic heterocycles. The second-order valence-electron chi connectivity index (χ2n) is 5.89. The first kappa shape index (κ1) is 10.0. The van der Waals surface area contributed by atoms with Crippen molar-refractivity contribution in [2.75, 3.05) is 14.1 Å². The Balaban J connectivity index is 2.36. The number of hydrogen-bond acceptors (Lipinski definition) is 2. The molecule has 0 unspecified atom stereocenters. The average Bonchev–Trinajstić information content (AvgIpc) is 2.35. The molecule has 2 aliphatic carbocycles. The fourth-order valence-corrected chi connectivity index (χ4v) is 3.32. The number of hydrogen-bond donors (Lipinski definition) is 0. The van der Waals surface area contributed by atoms with Crippen LogP contribution in [-0.4, -0.2) is 24.8 Å². The second-order valence-corrected chi connectivity index (χ2v) is 5.89. The van der Waals surface area contributed by atoms with Crippen LogP contribution in [0.4, 0.5) is 0 Å². The van der Waals surface area contributed by atoms with Crippen LogP contribution in [0, 0.1) is 16.7 Å². The van der Waals surface area contributed by atoms with Gasteiger partial charge in [-0.15, -0.1) is 0 Å². The van der Waals surface area contributed by atoms with Crippen LogP contribution in [0.15, 0.2) is 5.10 Å². The molecule has 0 radical (unpaired) electrons. The van der Waals surface area contributed by atoms with Gasteiger partial charge in [0.15, 0.2) is 0 Å². The Kier molecular flexibility index (Phi) is 1.96. The molecular weight excluding hydrogens is 172 g/mol. The smallest absolute Gasteiger partial charge is 0.0447 e. The topological polar surface area (TPSA) is 15.6 Å². The Morgan fingerprint density at radius 2 is 1.93 bits per heavy atom. The zero-order chi connectivity index (χ0) is 10.6. The minimum Gasteiger partial charge on any atom is -0.303 e. The standard InChI is InChI=1S/C12H22N2/c1-11(2)9-6-7-12(11,3)10(8-9)13-14(4)5/h9H,6-8H2,1-5H3/b13-10-/t9-,12+/m1/s1. The summed E-state index contributed by atoms with van der Waals surface area (Å²) in [5.41, 5.74) is 2.26. The van der Waals surface area contributed by atoms with E-state index in [-0.39, 0.29) is 0 Å². The van der Waals surface area contributed by atoms with Crippen molar-refractivity contribution in [3.8, 4) is 0 Å².